The smallest absolute Gasteiger partial charge is 0.194 e. The molecule has 0 unspecified atom stereocenters. The highest BCUT2D eigenvalue weighted by atomic mass is 127. The maximum Gasteiger partial charge on any atom is 0.194 e. The van der Waals surface area contributed by atoms with Gasteiger partial charge in [0.15, 0.2) is 5.96 Å². The maximum atomic E-state index is 4.99. The van der Waals surface area contributed by atoms with E-state index in [2.05, 4.69) is 86.2 Å². The number of nitrogens with zero attached hydrogens (tertiary/aromatic N) is 6. The van der Waals surface area contributed by atoms with Gasteiger partial charge >= 0.3 is 0 Å². The molecule has 0 atom stereocenters. The van der Waals surface area contributed by atoms with Crippen LogP contribution >= 0.6 is 24.0 Å². The van der Waals surface area contributed by atoms with E-state index >= 15 is 0 Å². The van der Waals surface area contributed by atoms with Crippen molar-refractivity contribution in [2.75, 3.05) is 70.3 Å². The van der Waals surface area contributed by atoms with Crippen molar-refractivity contribution in [3.8, 4) is 0 Å². The Kier molecular flexibility index (Phi) is 10.9. The first-order chi connectivity index (χ1) is 16.2. The van der Waals surface area contributed by atoms with E-state index in [9.17, 15) is 0 Å². The predicted molar refractivity (Wildman–Crippen MR) is 152 cm³/mol. The molecule has 0 bridgehead atoms. The third kappa shape index (κ3) is 7.55. The third-order valence-corrected chi connectivity index (χ3v) is 6.62. The SMILES string of the molecule is CCNC(=NCc1ccnc(N2CCN(CC)CC2)c1)N1CCN(Cc2ccccc2)CC1.I. The van der Waals surface area contributed by atoms with Gasteiger partial charge in [-0.3, -0.25) is 4.90 Å². The zero-order valence-corrected chi connectivity index (χ0v) is 23.0. The van der Waals surface area contributed by atoms with E-state index in [0.29, 0.717) is 6.54 Å². The first-order valence-corrected chi connectivity index (χ1v) is 12.5. The second kappa shape index (κ2) is 13.8. The molecule has 0 spiro atoms. The summed E-state index contributed by atoms with van der Waals surface area (Å²) in [5, 5.41) is 3.50. The normalized spacial score (nSPS) is 18.0. The van der Waals surface area contributed by atoms with E-state index in [0.717, 1.165) is 83.8 Å². The van der Waals surface area contributed by atoms with Gasteiger partial charge in [-0.2, -0.15) is 0 Å². The molecule has 186 valence electrons. The first-order valence-electron chi connectivity index (χ1n) is 12.5. The van der Waals surface area contributed by atoms with E-state index < -0.39 is 0 Å². The molecular weight excluding hydrogens is 537 g/mol. The van der Waals surface area contributed by atoms with Crippen molar-refractivity contribution in [1.82, 2.24) is 25.0 Å². The maximum absolute atomic E-state index is 4.99. The monoisotopic (exact) mass is 577 g/mol. The number of aromatic nitrogens is 1. The van der Waals surface area contributed by atoms with Crippen molar-refractivity contribution in [2.24, 2.45) is 4.99 Å². The lowest BCUT2D eigenvalue weighted by molar-refractivity contribution is 0.172. The Morgan fingerprint density at radius 1 is 0.882 bits per heavy atom. The molecule has 1 N–H and O–H groups in total. The van der Waals surface area contributed by atoms with Crippen molar-refractivity contribution < 1.29 is 0 Å². The van der Waals surface area contributed by atoms with Crippen molar-refractivity contribution in [1.29, 1.82) is 0 Å². The largest absolute Gasteiger partial charge is 0.357 e. The molecule has 7 nitrogen and oxygen atoms in total. The lowest BCUT2D eigenvalue weighted by atomic mass is 10.2. The number of halogens is 1. The molecule has 2 aliphatic rings. The summed E-state index contributed by atoms with van der Waals surface area (Å²) >= 11 is 0. The molecular formula is C26H40IN7. The molecule has 1 aromatic heterocycles. The molecule has 2 aromatic rings. The topological polar surface area (TPSA) is 50.2 Å². The van der Waals surface area contributed by atoms with Gasteiger partial charge in [-0.1, -0.05) is 37.3 Å². The van der Waals surface area contributed by atoms with Gasteiger partial charge in [0, 0.05) is 71.6 Å². The van der Waals surface area contributed by atoms with Crippen molar-refractivity contribution >= 4 is 35.8 Å². The fraction of sp³-hybridized carbons (Fsp3) is 0.538. The average Bonchev–Trinajstić information content (AvgIpc) is 2.88. The molecule has 0 saturated carbocycles. The Morgan fingerprint density at radius 3 is 2.26 bits per heavy atom. The molecule has 34 heavy (non-hydrogen) atoms. The highest BCUT2D eigenvalue weighted by Gasteiger charge is 2.20. The number of anilines is 1. The number of rotatable bonds is 7. The minimum Gasteiger partial charge on any atom is -0.357 e. The van der Waals surface area contributed by atoms with Crippen LogP contribution < -0.4 is 10.2 Å². The number of hydrogen-bond acceptors (Lipinski definition) is 5. The summed E-state index contributed by atoms with van der Waals surface area (Å²) in [7, 11) is 0. The van der Waals surface area contributed by atoms with Gasteiger partial charge in [0.2, 0.25) is 0 Å². The van der Waals surface area contributed by atoms with Crippen LogP contribution in [0.2, 0.25) is 0 Å². The fourth-order valence-corrected chi connectivity index (χ4v) is 4.58. The van der Waals surface area contributed by atoms with Crippen LogP contribution in [0, 0.1) is 0 Å². The lowest BCUT2D eigenvalue weighted by Gasteiger charge is -2.36. The predicted octanol–water partition coefficient (Wildman–Crippen LogP) is 3.12. The Hall–Kier alpha value is -1.91. The quantitative estimate of drug-likeness (QED) is 0.310. The Balaban J connectivity index is 0.00000324. The van der Waals surface area contributed by atoms with Crippen molar-refractivity contribution in [3.63, 3.8) is 0 Å². The average molecular weight is 578 g/mol. The van der Waals surface area contributed by atoms with Crippen LogP contribution in [-0.4, -0.2) is 91.1 Å². The van der Waals surface area contributed by atoms with Gasteiger partial charge in [0.1, 0.15) is 5.82 Å². The van der Waals surface area contributed by atoms with Gasteiger partial charge in [0.05, 0.1) is 6.54 Å². The van der Waals surface area contributed by atoms with Crippen molar-refractivity contribution in [2.45, 2.75) is 26.9 Å². The van der Waals surface area contributed by atoms with Gasteiger partial charge in [-0.05, 0) is 36.7 Å². The molecule has 1 aromatic carbocycles. The molecule has 0 amide bonds. The van der Waals surface area contributed by atoms with E-state index in [1.165, 1.54) is 11.1 Å². The highest BCUT2D eigenvalue weighted by Crippen LogP contribution is 2.16. The summed E-state index contributed by atoms with van der Waals surface area (Å²) < 4.78 is 0. The molecule has 2 fully saturated rings. The van der Waals surface area contributed by atoms with E-state index in [4.69, 9.17) is 4.99 Å². The van der Waals surface area contributed by atoms with Crippen LogP contribution in [0.4, 0.5) is 5.82 Å². The van der Waals surface area contributed by atoms with E-state index in [-0.39, 0.29) is 24.0 Å². The summed E-state index contributed by atoms with van der Waals surface area (Å²) in [6, 6.07) is 15.1. The standard InChI is InChI=1S/C26H39N7.HI/c1-3-27-26(33-18-14-31(15-19-33)22-23-8-6-5-7-9-23)29-21-24-10-11-28-25(20-24)32-16-12-30(4-2)13-17-32;/h5-11,20H,3-4,12-19,21-22H2,1-2H3,(H,27,29);1H. The molecule has 2 saturated heterocycles. The van der Waals surface area contributed by atoms with Gasteiger partial charge in [-0.15, -0.1) is 24.0 Å². The van der Waals surface area contributed by atoms with Crippen LogP contribution in [-0.2, 0) is 13.1 Å². The van der Waals surface area contributed by atoms with E-state index in [1.54, 1.807) is 0 Å². The fourth-order valence-electron chi connectivity index (χ4n) is 4.58. The number of guanidine groups is 1. The summed E-state index contributed by atoms with van der Waals surface area (Å²) in [5.74, 6) is 2.10. The Morgan fingerprint density at radius 2 is 1.59 bits per heavy atom. The summed E-state index contributed by atoms with van der Waals surface area (Å²) in [6.45, 7) is 16.5. The van der Waals surface area contributed by atoms with E-state index in [1.807, 2.05) is 6.20 Å². The van der Waals surface area contributed by atoms with Crippen LogP contribution in [0.3, 0.4) is 0 Å². The molecule has 0 radical (unpaired) electrons. The van der Waals surface area contributed by atoms with Crippen LogP contribution in [0.5, 0.6) is 0 Å². The van der Waals surface area contributed by atoms with Gasteiger partial charge in [0.25, 0.3) is 0 Å². The third-order valence-electron chi connectivity index (χ3n) is 6.62. The van der Waals surface area contributed by atoms with Crippen LogP contribution in [0.25, 0.3) is 0 Å². The minimum atomic E-state index is 0. The minimum absolute atomic E-state index is 0. The van der Waals surface area contributed by atoms with Crippen molar-refractivity contribution in [3.05, 3.63) is 59.8 Å². The van der Waals surface area contributed by atoms with Crippen LogP contribution in [0.15, 0.2) is 53.7 Å². The number of hydrogen-bond donors (Lipinski definition) is 1. The zero-order chi connectivity index (χ0) is 22.9. The number of likely N-dealkylation sites (N-methyl/N-ethyl adjacent to an activating group) is 1. The Labute approximate surface area is 222 Å². The number of pyridine rings is 1. The first kappa shape index (κ1) is 26.7. The number of piperazine rings is 2. The van der Waals surface area contributed by atoms with Crippen LogP contribution in [0.1, 0.15) is 25.0 Å². The number of benzene rings is 1. The molecule has 8 heteroatoms. The zero-order valence-electron chi connectivity index (χ0n) is 20.7. The second-order valence-corrected chi connectivity index (χ2v) is 8.86. The molecule has 2 aliphatic heterocycles. The summed E-state index contributed by atoms with van der Waals surface area (Å²) in [5.41, 5.74) is 2.60. The molecule has 4 rings (SSSR count). The number of nitrogens with one attached hydrogen (secondary N) is 1. The summed E-state index contributed by atoms with van der Waals surface area (Å²) in [4.78, 5) is 19.4. The molecule has 0 aliphatic carbocycles. The second-order valence-electron chi connectivity index (χ2n) is 8.86. The lowest BCUT2D eigenvalue weighted by Crippen LogP contribution is -2.52. The molecule has 3 heterocycles. The number of aliphatic imine (C=N–C) groups is 1. The summed E-state index contributed by atoms with van der Waals surface area (Å²) in [6.07, 6.45) is 1.93. The van der Waals surface area contributed by atoms with Gasteiger partial charge < -0.3 is 20.0 Å². The van der Waals surface area contributed by atoms with Gasteiger partial charge in [-0.25, -0.2) is 9.98 Å². The Bertz CT molecular complexity index is 876. The highest BCUT2D eigenvalue weighted by molar-refractivity contribution is 14.0.